The Morgan fingerprint density at radius 2 is 1.93 bits per heavy atom. The number of hydrogen-bond donors (Lipinski definition) is 1. The van der Waals surface area contributed by atoms with Crippen molar-refractivity contribution in [1.82, 2.24) is 0 Å². The summed E-state index contributed by atoms with van der Waals surface area (Å²) < 4.78 is 3.86. The molecule has 1 aromatic rings. The van der Waals surface area contributed by atoms with E-state index in [0.29, 0.717) is 10.6 Å². The van der Waals surface area contributed by atoms with Crippen LogP contribution in [-0.4, -0.2) is 26.1 Å². The Hall–Kier alpha value is -0.646. The van der Waals surface area contributed by atoms with Crippen LogP contribution < -0.4 is 0 Å². The molecule has 0 saturated carbocycles. The lowest BCUT2D eigenvalue weighted by molar-refractivity contribution is 0.236. The van der Waals surface area contributed by atoms with Crippen molar-refractivity contribution >= 4 is 32.6 Å². The van der Waals surface area contributed by atoms with E-state index in [9.17, 15) is 0 Å². The number of nitrogens with zero attached hydrogens (tertiary/aromatic N) is 1. The van der Waals surface area contributed by atoms with Crippen molar-refractivity contribution in [1.29, 1.82) is 5.26 Å². The van der Waals surface area contributed by atoms with Crippen LogP contribution >= 0.6 is 11.6 Å². The first-order valence-electron chi connectivity index (χ1n) is 3.48. The van der Waals surface area contributed by atoms with E-state index in [1.165, 1.54) is 0 Å². The van der Waals surface area contributed by atoms with Crippen LogP contribution in [0.15, 0.2) is 24.3 Å². The molecule has 6 radical (unpaired) electrons. The highest BCUT2D eigenvalue weighted by molar-refractivity contribution is 6.31. The van der Waals surface area contributed by atoms with Gasteiger partial charge in [-0.25, -0.2) is 0 Å². The maximum absolute atomic E-state index is 9.06. The highest BCUT2D eigenvalue weighted by Gasteiger charge is 2.07. The molecule has 14 heavy (non-hydrogen) atoms. The molecule has 0 saturated heterocycles. The van der Waals surface area contributed by atoms with Crippen LogP contribution in [0.2, 0.25) is 5.02 Å². The van der Waals surface area contributed by atoms with E-state index in [2.05, 4.69) is 25.1 Å². The fourth-order valence-corrected chi connectivity index (χ4v) is 1.01. The van der Waals surface area contributed by atoms with Gasteiger partial charge in [0.15, 0.2) is 6.10 Å². The number of aliphatic hydroxyl groups is 1. The molecule has 0 amide bonds. The lowest BCUT2D eigenvalue weighted by atomic mass is 10.1. The quantitative estimate of drug-likeness (QED) is 0.589. The second-order valence-corrected chi connectivity index (χ2v) is 3.38. The maximum Gasteiger partial charge on any atom is 0.229 e. The monoisotopic (exact) mass is 239 g/mol. The Balaban J connectivity index is 0.000000500. The van der Waals surface area contributed by atoms with E-state index in [4.69, 9.17) is 22.0 Å². The summed E-state index contributed by atoms with van der Waals surface area (Å²) in [6, 6.07) is 8.42. The van der Waals surface area contributed by atoms with Crippen LogP contribution in [0.4, 0.5) is 0 Å². The van der Waals surface area contributed by atoms with Gasteiger partial charge in [-0.15, -0.1) is 0 Å². The molecule has 0 unspecified atom stereocenters. The summed E-state index contributed by atoms with van der Waals surface area (Å²) in [5.74, 6) is 0. The molecule has 70 valence electrons. The predicted octanol–water partition coefficient (Wildman–Crippen LogP) is 1.07. The summed E-state index contributed by atoms with van der Waals surface area (Å²) >= 11 is 5.69. The molecule has 0 aliphatic rings. The van der Waals surface area contributed by atoms with Crippen molar-refractivity contribution in [3.05, 3.63) is 34.9 Å². The Morgan fingerprint density at radius 1 is 1.43 bits per heavy atom. The smallest absolute Gasteiger partial charge is 0.229 e. The molecule has 3 nitrogen and oxygen atoms in total. The Kier molecular flexibility index (Phi) is 7.37. The Morgan fingerprint density at radius 3 is 2.36 bits per heavy atom. The molecule has 1 atom stereocenters. The van der Waals surface area contributed by atoms with Crippen molar-refractivity contribution in [2.45, 2.75) is 6.10 Å². The largest absolute Gasteiger partial charge is 0.458 e. The molecular weight excluding hydrogens is 234 g/mol. The zero-order valence-corrected chi connectivity index (χ0v) is 9.82. The van der Waals surface area contributed by atoms with Crippen molar-refractivity contribution in [2.75, 3.05) is 0 Å². The standard InChI is InChI=1S/C8H6ClNO.OSi2/c9-7-4-2-1-3-6(7)8(11)5-10;2-1-3/h1-4,8,11H;/t8-;/m1./s1. The lowest BCUT2D eigenvalue weighted by Crippen LogP contribution is -1.93. The van der Waals surface area contributed by atoms with Crippen molar-refractivity contribution in [2.24, 2.45) is 0 Å². The summed E-state index contributed by atoms with van der Waals surface area (Å²) in [7, 11) is 5.19. The average molecular weight is 240 g/mol. The molecule has 0 bridgehead atoms. The minimum absolute atomic E-state index is 0.418. The van der Waals surface area contributed by atoms with Crippen LogP contribution in [0.3, 0.4) is 0 Å². The van der Waals surface area contributed by atoms with Gasteiger partial charge in [-0.2, -0.15) is 5.26 Å². The third-order valence-electron chi connectivity index (χ3n) is 1.32. The number of nitriles is 1. The van der Waals surface area contributed by atoms with Gasteiger partial charge < -0.3 is 9.22 Å². The molecule has 0 aromatic heterocycles. The summed E-state index contributed by atoms with van der Waals surface area (Å²) in [4.78, 5) is 0. The SMILES string of the molecule is N#C[C@@H](O)c1ccccc1Cl.[Si]O[Si]. The molecule has 0 aliphatic heterocycles. The number of benzene rings is 1. The average Bonchev–Trinajstić information content (AvgIpc) is 2.19. The van der Waals surface area contributed by atoms with E-state index in [0.717, 1.165) is 0 Å². The van der Waals surface area contributed by atoms with Gasteiger partial charge in [0.2, 0.25) is 21.0 Å². The molecule has 0 heterocycles. The summed E-state index contributed by atoms with van der Waals surface area (Å²) in [6.45, 7) is 0. The minimum Gasteiger partial charge on any atom is -0.458 e. The highest BCUT2D eigenvalue weighted by atomic mass is 35.5. The molecule has 0 aliphatic carbocycles. The van der Waals surface area contributed by atoms with E-state index in [1.54, 1.807) is 30.3 Å². The first-order valence-corrected chi connectivity index (χ1v) is 4.68. The van der Waals surface area contributed by atoms with E-state index in [-0.39, 0.29) is 0 Å². The molecule has 0 spiro atoms. The zero-order chi connectivity index (χ0) is 11.0. The number of hydrogen-bond acceptors (Lipinski definition) is 3. The van der Waals surface area contributed by atoms with Crippen LogP contribution in [0, 0.1) is 11.3 Å². The summed E-state index contributed by atoms with van der Waals surface area (Å²) in [6.07, 6.45) is -1.12. The molecule has 1 aromatic carbocycles. The van der Waals surface area contributed by atoms with E-state index >= 15 is 0 Å². The van der Waals surface area contributed by atoms with Crippen LogP contribution in [-0.2, 0) is 4.12 Å². The molecular formula is C8H6ClNO2Si2. The van der Waals surface area contributed by atoms with Crippen molar-refractivity contribution < 1.29 is 9.22 Å². The third kappa shape index (κ3) is 4.55. The van der Waals surface area contributed by atoms with Gasteiger partial charge in [-0.1, -0.05) is 29.8 Å². The predicted molar refractivity (Wildman–Crippen MR) is 54.6 cm³/mol. The second kappa shape index (κ2) is 7.73. The fraction of sp³-hybridized carbons (Fsp3) is 0.125. The third-order valence-corrected chi connectivity index (χ3v) is 1.67. The van der Waals surface area contributed by atoms with Crippen LogP contribution in [0.5, 0.6) is 0 Å². The second-order valence-electron chi connectivity index (χ2n) is 2.16. The van der Waals surface area contributed by atoms with E-state index in [1.807, 2.05) is 0 Å². The Labute approximate surface area is 94.4 Å². The van der Waals surface area contributed by atoms with Crippen LogP contribution in [0.1, 0.15) is 11.7 Å². The normalized spacial score (nSPS) is 10.8. The number of aliphatic hydroxyl groups excluding tert-OH is 1. The summed E-state index contributed by atoms with van der Waals surface area (Å²) in [5, 5.41) is 17.8. The zero-order valence-electron chi connectivity index (χ0n) is 7.07. The number of halogens is 1. The topological polar surface area (TPSA) is 53.2 Å². The molecule has 0 fully saturated rings. The first-order chi connectivity index (χ1) is 6.67. The Bertz CT molecular complexity index is 316. The van der Waals surface area contributed by atoms with Gasteiger partial charge in [-0.05, 0) is 6.07 Å². The van der Waals surface area contributed by atoms with Gasteiger partial charge in [0.05, 0.1) is 6.07 Å². The van der Waals surface area contributed by atoms with Crippen molar-refractivity contribution in [3.63, 3.8) is 0 Å². The van der Waals surface area contributed by atoms with Gasteiger partial charge in [0, 0.05) is 10.6 Å². The molecule has 6 heteroatoms. The molecule has 1 N–H and O–H groups in total. The lowest BCUT2D eigenvalue weighted by Gasteiger charge is -2.02. The summed E-state index contributed by atoms with van der Waals surface area (Å²) in [5.41, 5.74) is 0.455. The fourth-order valence-electron chi connectivity index (χ4n) is 0.766. The van der Waals surface area contributed by atoms with Crippen LogP contribution in [0.25, 0.3) is 0 Å². The van der Waals surface area contributed by atoms with Gasteiger partial charge in [0.25, 0.3) is 0 Å². The maximum atomic E-state index is 9.06. The number of rotatable bonds is 1. The highest BCUT2D eigenvalue weighted by Crippen LogP contribution is 2.21. The van der Waals surface area contributed by atoms with E-state index < -0.39 is 6.10 Å². The van der Waals surface area contributed by atoms with Crippen molar-refractivity contribution in [3.8, 4) is 6.07 Å². The van der Waals surface area contributed by atoms with Gasteiger partial charge in [-0.3, -0.25) is 0 Å². The molecule has 1 rings (SSSR count). The van der Waals surface area contributed by atoms with Gasteiger partial charge >= 0.3 is 0 Å². The minimum atomic E-state index is -1.12. The van der Waals surface area contributed by atoms with Gasteiger partial charge in [0.1, 0.15) is 0 Å². The first kappa shape index (κ1) is 13.4.